The number of ether oxygens (including phenoxy) is 1. The van der Waals surface area contributed by atoms with Crippen LogP contribution in [0.5, 0.6) is 5.75 Å². The fourth-order valence-electron chi connectivity index (χ4n) is 2.65. The Hall–Kier alpha value is -3.99. The van der Waals surface area contributed by atoms with E-state index in [0.717, 1.165) is 5.56 Å². The maximum absolute atomic E-state index is 11.8. The average molecular weight is 472 g/mol. The lowest BCUT2D eigenvalue weighted by molar-refractivity contribution is -0.137. The van der Waals surface area contributed by atoms with Gasteiger partial charge in [-0.25, -0.2) is 9.59 Å². The van der Waals surface area contributed by atoms with E-state index in [1.54, 1.807) is 56.8 Å². The van der Waals surface area contributed by atoms with E-state index >= 15 is 0 Å². The lowest BCUT2D eigenvalue weighted by Crippen LogP contribution is -2.32. The zero-order chi connectivity index (χ0) is 23.8. The molecule has 0 saturated heterocycles. The third kappa shape index (κ3) is 7.28. The zero-order valence-electron chi connectivity index (χ0n) is 17.9. The van der Waals surface area contributed by atoms with Gasteiger partial charge in [0.2, 0.25) is 17.2 Å². The Morgan fingerprint density at radius 2 is 1.82 bits per heavy atom. The number of anilines is 2. The number of halogens is 1. The summed E-state index contributed by atoms with van der Waals surface area (Å²) < 4.78 is 5.16. The summed E-state index contributed by atoms with van der Waals surface area (Å²) in [5.74, 6) is -0.532. The number of aliphatic carboxylic acids is 1. The molecule has 33 heavy (non-hydrogen) atoms. The molecule has 2 aromatic heterocycles. The van der Waals surface area contributed by atoms with Gasteiger partial charge in [0.15, 0.2) is 0 Å². The average Bonchev–Trinajstić information content (AvgIpc) is 2.78. The van der Waals surface area contributed by atoms with Crippen molar-refractivity contribution in [2.45, 2.75) is 19.0 Å². The molecule has 0 aliphatic carbocycles. The Kier molecular flexibility index (Phi) is 7.92. The van der Waals surface area contributed by atoms with Crippen LogP contribution in [0, 0.1) is 0 Å². The minimum absolute atomic E-state index is 0.0209. The number of carbonyl (C=O) groups excluding carboxylic acids is 1. The number of rotatable bonds is 9. The van der Waals surface area contributed by atoms with Crippen molar-refractivity contribution in [2.24, 2.45) is 0 Å². The fraction of sp³-hybridized carbons (Fsp3) is 0.238. The summed E-state index contributed by atoms with van der Waals surface area (Å²) in [6.07, 6.45) is 2.98. The molecule has 0 radical (unpaired) electrons. The van der Waals surface area contributed by atoms with Crippen molar-refractivity contribution in [1.82, 2.24) is 24.8 Å². The second-order valence-corrected chi connectivity index (χ2v) is 7.45. The summed E-state index contributed by atoms with van der Waals surface area (Å²) in [6, 6.07) is 9.19. The molecule has 172 valence electrons. The van der Waals surface area contributed by atoms with Gasteiger partial charge in [-0.2, -0.15) is 15.0 Å². The van der Waals surface area contributed by atoms with E-state index in [-0.39, 0.29) is 23.6 Å². The van der Waals surface area contributed by atoms with Gasteiger partial charge < -0.3 is 25.4 Å². The van der Waals surface area contributed by atoms with Crippen LogP contribution in [0.1, 0.15) is 11.1 Å². The van der Waals surface area contributed by atoms with Crippen LogP contribution in [-0.2, 0) is 17.8 Å². The first-order valence-corrected chi connectivity index (χ1v) is 10.2. The number of carboxylic acid groups (broad SMARTS) is 1. The first kappa shape index (κ1) is 23.7. The molecule has 0 aliphatic heterocycles. The van der Waals surface area contributed by atoms with Gasteiger partial charge in [0.25, 0.3) is 0 Å². The minimum Gasteiger partial charge on any atom is -0.480 e. The standard InChI is InChI=1S/C21H22ClN7O4/c1-29(2)21(32)33-15-7-5-13(6-8-15)10-16(17(30)31)25-20-27-18(22)26-19(28-20)24-12-14-4-3-9-23-11-14/h3-9,11,16H,10,12H2,1-2H3,(H,30,31)(H2,24,25,26,27,28)/t16-/m0/s1. The van der Waals surface area contributed by atoms with Crippen molar-refractivity contribution in [3.63, 3.8) is 0 Å². The third-order valence-corrected chi connectivity index (χ3v) is 4.49. The van der Waals surface area contributed by atoms with Crippen molar-refractivity contribution in [1.29, 1.82) is 0 Å². The topological polar surface area (TPSA) is 142 Å². The van der Waals surface area contributed by atoms with E-state index in [0.29, 0.717) is 17.9 Å². The first-order valence-electron chi connectivity index (χ1n) is 9.82. The maximum Gasteiger partial charge on any atom is 0.414 e. The number of carbonyl (C=O) groups is 2. The molecule has 0 unspecified atom stereocenters. The van der Waals surface area contributed by atoms with E-state index in [4.69, 9.17) is 16.3 Å². The number of nitrogens with zero attached hydrogens (tertiary/aromatic N) is 5. The highest BCUT2D eigenvalue weighted by molar-refractivity contribution is 6.28. The van der Waals surface area contributed by atoms with Crippen LogP contribution in [0.25, 0.3) is 0 Å². The molecule has 3 N–H and O–H groups in total. The second kappa shape index (κ2) is 11.0. The van der Waals surface area contributed by atoms with Crippen LogP contribution >= 0.6 is 11.6 Å². The molecule has 0 spiro atoms. The van der Waals surface area contributed by atoms with Gasteiger partial charge in [-0.1, -0.05) is 18.2 Å². The van der Waals surface area contributed by atoms with Crippen LogP contribution in [0.3, 0.4) is 0 Å². The molecule has 1 atom stereocenters. The lowest BCUT2D eigenvalue weighted by atomic mass is 10.1. The summed E-state index contributed by atoms with van der Waals surface area (Å²) in [7, 11) is 3.15. The van der Waals surface area contributed by atoms with Crippen molar-refractivity contribution in [2.75, 3.05) is 24.7 Å². The molecule has 12 heteroatoms. The molecule has 0 aliphatic rings. The minimum atomic E-state index is -1.10. The predicted octanol–water partition coefficient (Wildman–Crippen LogP) is 2.70. The van der Waals surface area contributed by atoms with Crippen LogP contribution in [0.15, 0.2) is 48.8 Å². The number of hydrogen-bond donors (Lipinski definition) is 3. The Balaban J connectivity index is 1.66. The zero-order valence-corrected chi connectivity index (χ0v) is 18.7. The van der Waals surface area contributed by atoms with Crippen molar-refractivity contribution in [3.8, 4) is 5.75 Å². The first-order chi connectivity index (χ1) is 15.8. The van der Waals surface area contributed by atoms with Crippen molar-refractivity contribution in [3.05, 3.63) is 65.2 Å². The Morgan fingerprint density at radius 3 is 2.45 bits per heavy atom. The molecule has 0 bridgehead atoms. The van der Waals surface area contributed by atoms with Crippen LogP contribution in [0.4, 0.5) is 16.7 Å². The van der Waals surface area contributed by atoms with Crippen molar-refractivity contribution >= 4 is 35.6 Å². The van der Waals surface area contributed by atoms with Gasteiger partial charge in [0.1, 0.15) is 11.8 Å². The number of pyridine rings is 1. The second-order valence-electron chi connectivity index (χ2n) is 7.11. The highest BCUT2D eigenvalue weighted by atomic mass is 35.5. The van der Waals surface area contributed by atoms with Gasteiger partial charge in [-0.15, -0.1) is 0 Å². The molecule has 2 heterocycles. The van der Waals surface area contributed by atoms with Crippen molar-refractivity contribution < 1.29 is 19.4 Å². The van der Waals surface area contributed by atoms with Gasteiger partial charge >= 0.3 is 12.1 Å². The number of amides is 1. The number of carboxylic acids is 1. The Labute approximate surface area is 194 Å². The third-order valence-electron chi connectivity index (χ3n) is 4.32. The highest BCUT2D eigenvalue weighted by Crippen LogP contribution is 2.17. The van der Waals surface area contributed by atoms with E-state index in [2.05, 4.69) is 30.6 Å². The molecular formula is C21H22ClN7O4. The molecule has 11 nitrogen and oxygen atoms in total. The molecule has 1 aromatic carbocycles. The monoisotopic (exact) mass is 471 g/mol. The maximum atomic E-state index is 11.8. The number of benzene rings is 1. The number of hydrogen-bond acceptors (Lipinski definition) is 9. The van der Waals surface area contributed by atoms with Gasteiger partial charge in [-0.3, -0.25) is 4.98 Å². The number of nitrogens with one attached hydrogen (secondary N) is 2. The van der Waals surface area contributed by atoms with Gasteiger partial charge in [0.05, 0.1) is 0 Å². The molecule has 3 aromatic rings. The molecule has 3 rings (SSSR count). The number of aromatic nitrogens is 4. The van der Waals surface area contributed by atoms with E-state index in [1.807, 2.05) is 6.07 Å². The van der Waals surface area contributed by atoms with E-state index in [1.165, 1.54) is 4.90 Å². The summed E-state index contributed by atoms with van der Waals surface area (Å²) in [4.78, 5) is 41.0. The normalized spacial score (nSPS) is 11.4. The molecule has 1 amide bonds. The molecule has 0 saturated carbocycles. The Morgan fingerprint density at radius 1 is 1.09 bits per heavy atom. The summed E-state index contributed by atoms with van der Waals surface area (Å²) in [5.41, 5.74) is 1.61. The predicted molar refractivity (Wildman–Crippen MR) is 121 cm³/mol. The van der Waals surface area contributed by atoms with Crippen LogP contribution in [0.2, 0.25) is 5.28 Å². The smallest absolute Gasteiger partial charge is 0.414 e. The SMILES string of the molecule is CN(C)C(=O)Oc1ccc(C[C@H](Nc2nc(Cl)nc(NCc3cccnc3)n2)C(=O)O)cc1. The van der Waals surface area contributed by atoms with Gasteiger partial charge in [-0.05, 0) is 40.9 Å². The molecule has 0 fully saturated rings. The quantitative estimate of drug-likeness (QED) is 0.426. The summed E-state index contributed by atoms with van der Waals surface area (Å²) in [6.45, 7) is 0.403. The molecular weight excluding hydrogens is 450 g/mol. The fourth-order valence-corrected chi connectivity index (χ4v) is 2.81. The van der Waals surface area contributed by atoms with Crippen LogP contribution < -0.4 is 15.4 Å². The van der Waals surface area contributed by atoms with E-state index in [9.17, 15) is 14.7 Å². The van der Waals surface area contributed by atoms with E-state index < -0.39 is 18.1 Å². The largest absolute Gasteiger partial charge is 0.480 e. The van der Waals surface area contributed by atoms with Crippen LogP contribution in [-0.4, -0.2) is 62.1 Å². The lowest BCUT2D eigenvalue weighted by Gasteiger charge is -2.16. The highest BCUT2D eigenvalue weighted by Gasteiger charge is 2.20. The van der Waals surface area contributed by atoms with Gasteiger partial charge in [0, 0.05) is 39.5 Å². The summed E-state index contributed by atoms with van der Waals surface area (Å²) >= 11 is 5.99. The Bertz CT molecular complexity index is 1100. The summed E-state index contributed by atoms with van der Waals surface area (Å²) in [5, 5.41) is 15.4.